The number of hydrogen-bond acceptors (Lipinski definition) is 5. The zero-order chi connectivity index (χ0) is 13.5. The summed E-state index contributed by atoms with van der Waals surface area (Å²) in [6, 6.07) is 1.77. The van der Waals surface area contributed by atoms with E-state index in [1.165, 1.54) is 6.20 Å². The summed E-state index contributed by atoms with van der Waals surface area (Å²) in [4.78, 5) is 26.2. The summed E-state index contributed by atoms with van der Waals surface area (Å²) in [6.45, 7) is 2.07. The molecule has 0 aliphatic rings. The summed E-state index contributed by atoms with van der Waals surface area (Å²) in [5, 5.41) is 5.52. The van der Waals surface area contributed by atoms with Gasteiger partial charge in [-0.15, -0.1) is 0 Å². The number of anilines is 1. The van der Waals surface area contributed by atoms with Crippen molar-refractivity contribution in [3.63, 3.8) is 0 Å². The molecule has 7 heteroatoms. The lowest BCUT2D eigenvalue weighted by Gasteiger charge is -2.10. The number of carbonyl (C=O) groups excluding carboxylic acids is 2. The van der Waals surface area contributed by atoms with Crippen LogP contribution in [0.25, 0.3) is 0 Å². The molecule has 98 valence electrons. The van der Waals surface area contributed by atoms with E-state index in [0.29, 0.717) is 11.3 Å². The fourth-order valence-electron chi connectivity index (χ4n) is 1.36. The lowest BCUT2D eigenvalue weighted by molar-refractivity contribution is 0.0937. The minimum atomic E-state index is -0.864. The molecule has 7 nitrogen and oxygen atoms in total. The van der Waals surface area contributed by atoms with Crippen molar-refractivity contribution in [2.75, 3.05) is 25.5 Å². The van der Waals surface area contributed by atoms with Crippen LogP contribution in [0.2, 0.25) is 0 Å². The first kappa shape index (κ1) is 13.8. The van der Waals surface area contributed by atoms with Crippen LogP contribution in [0.1, 0.15) is 16.1 Å². The Labute approximate surface area is 105 Å². The van der Waals surface area contributed by atoms with Gasteiger partial charge in [0.1, 0.15) is 6.61 Å². The van der Waals surface area contributed by atoms with E-state index in [9.17, 15) is 9.59 Å². The Morgan fingerprint density at radius 3 is 2.83 bits per heavy atom. The average molecular weight is 252 g/mol. The van der Waals surface area contributed by atoms with E-state index in [1.54, 1.807) is 13.1 Å². The Kier molecular flexibility index (Phi) is 4.91. The molecular formula is C11H16N4O3. The molecule has 1 rings (SSSR count). The number of rotatable bonds is 5. The number of nitrogens with zero attached hydrogens (tertiary/aromatic N) is 1. The maximum atomic E-state index is 11.8. The molecule has 0 unspecified atom stereocenters. The Hall–Kier alpha value is -2.31. The molecule has 0 saturated carbocycles. The highest BCUT2D eigenvalue weighted by Crippen LogP contribution is 2.14. The fourth-order valence-corrected chi connectivity index (χ4v) is 1.36. The van der Waals surface area contributed by atoms with Crippen molar-refractivity contribution in [1.29, 1.82) is 0 Å². The van der Waals surface area contributed by atoms with Gasteiger partial charge in [-0.3, -0.25) is 9.78 Å². The maximum absolute atomic E-state index is 11.8. The van der Waals surface area contributed by atoms with Crippen LogP contribution in [-0.4, -0.2) is 37.2 Å². The van der Waals surface area contributed by atoms with Crippen molar-refractivity contribution in [1.82, 2.24) is 10.3 Å². The van der Waals surface area contributed by atoms with Crippen LogP contribution in [0.3, 0.4) is 0 Å². The molecule has 0 bridgehead atoms. The standard InChI is InChI=1S/C11H16N4O3/c1-7-5-9(13-2)8(6-15-7)10(16)14-3-4-18-11(12)17/h5-6H,3-4H2,1-2H3,(H2,12,17)(H,13,15)(H,14,16). The second kappa shape index (κ2) is 6.43. The highest BCUT2D eigenvalue weighted by molar-refractivity contribution is 5.99. The smallest absolute Gasteiger partial charge is 0.404 e. The summed E-state index contributed by atoms with van der Waals surface area (Å²) in [5.41, 5.74) is 6.72. The molecule has 2 amide bonds. The van der Waals surface area contributed by atoms with Gasteiger partial charge in [-0.2, -0.15) is 0 Å². The lowest BCUT2D eigenvalue weighted by Crippen LogP contribution is -2.29. The predicted octanol–water partition coefficient (Wildman–Crippen LogP) is 0.257. The highest BCUT2D eigenvalue weighted by Gasteiger charge is 2.11. The summed E-state index contributed by atoms with van der Waals surface area (Å²) < 4.78 is 4.50. The molecule has 0 saturated heterocycles. The largest absolute Gasteiger partial charge is 0.448 e. The van der Waals surface area contributed by atoms with Crippen molar-refractivity contribution in [3.8, 4) is 0 Å². The van der Waals surface area contributed by atoms with Crippen LogP contribution in [0.15, 0.2) is 12.3 Å². The summed E-state index contributed by atoms with van der Waals surface area (Å²) in [6.07, 6.45) is 0.628. The molecule has 18 heavy (non-hydrogen) atoms. The van der Waals surface area contributed by atoms with Gasteiger partial charge in [-0.05, 0) is 13.0 Å². The topological polar surface area (TPSA) is 106 Å². The first-order valence-electron chi connectivity index (χ1n) is 5.39. The highest BCUT2D eigenvalue weighted by atomic mass is 16.5. The van der Waals surface area contributed by atoms with E-state index >= 15 is 0 Å². The molecule has 0 aromatic carbocycles. The number of carbonyl (C=O) groups is 2. The summed E-state index contributed by atoms with van der Waals surface area (Å²) >= 11 is 0. The van der Waals surface area contributed by atoms with Gasteiger partial charge in [-0.25, -0.2) is 4.79 Å². The van der Waals surface area contributed by atoms with E-state index in [2.05, 4.69) is 20.4 Å². The Morgan fingerprint density at radius 1 is 1.50 bits per heavy atom. The van der Waals surface area contributed by atoms with Crippen molar-refractivity contribution >= 4 is 17.7 Å². The third kappa shape index (κ3) is 3.93. The third-order valence-corrected chi connectivity index (χ3v) is 2.19. The van der Waals surface area contributed by atoms with Crippen molar-refractivity contribution in [2.45, 2.75) is 6.92 Å². The van der Waals surface area contributed by atoms with Crippen LogP contribution in [0.4, 0.5) is 10.5 Å². The molecule has 0 spiro atoms. The van der Waals surface area contributed by atoms with Crippen molar-refractivity contribution < 1.29 is 14.3 Å². The van der Waals surface area contributed by atoms with Crippen molar-refractivity contribution in [3.05, 3.63) is 23.5 Å². The van der Waals surface area contributed by atoms with E-state index in [0.717, 1.165) is 5.69 Å². The quantitative estimate of drug-likeness (QED) is 0.651. The fraction of sp³-hybridized carbons (Fsp3) is 0.364. The Balaban J connectivity index is 2.58. The molecular weight excluding hydrogens is 236 g/mol. The van der Waals surface area contributed by atoms with Crippen LogP contribution >= 0.6 is 0 Å². The minimum absolute atomic E-state index is 0.0370. The Bertz CT molecular complexity index is 448. The van der Waals surface area contributed by atoms with E-state index in [1.807, 2.05) is 6.92 Å². The van der Waals surface area contributed by atoms with E-state index in [4.69, 9.17) is 5.73 Å². The zero-order valence-electron chi connectivity index (χ0n) is 10.3. The molecule has 0 radical (unpaired) electrons. The average Bonchev–Trinajstić information content (AvgIpc) is 2.33. The van der Waals surface area contributed by atoms with Gasteiger partial charge in [0, 0.05) is 18.9 Å². The number of amides is 2. The molecule has 1 heterocycles. The number of pyridine rings is 1. The number of hydrogen-bond donors (Lipinski definition) is 3. The van der Waals surface area contributed by atoms with Gasteiger partial charge in [0.2, 0.25) is 0 Å². The molecule has 0 atom stereocenters. The zero-order valence-corrected chi connectivity index (χ0v) is 10.3. The van der Waals surface area contributed by atoms with E-state index in [-0.39, 0.29) is 19.1 Å². The second-order valence-corrected chi connectivity index (χ2v) is 3.54. The third-order valence-electron chi connectivity index (χ3n) is 2.19. The first-order chi connectivity index (χ1) is 8.54. The van der Waals surface area contributed by atoms with Gasteiger partial charge >= 0.3 is 6.09 Å². The Morgan fingerprint density at radius 2 is 2.22 bits per heavy atom. The number of nitrogens with two attached hydrogens (primary N) is 1. The number of primary amides is 1. The molecule has 0 aliphatic heterocycles. The second-order valence-electron chi connectivity index (χ2n) is 3.54. The minimum Gasteiger partial charge on any atom is -0.448 e. The molecule has 4 N–H and O–H groups in total. The lowest BCUT2D eigenvalue weighted by atomic mass is 10.2. The van der Waals surface area contributed by atoms with Crippen LogP contribution in [0, 0.1) is 6.92 Å². The van der Waals surface area contributed by atoms with Crippen LogP contribution in [0.5, 0.6) is 0 Å². The van der Waals surface area contributed by atoms with Crippen LogP contribution in [-0.2, 0) is 4.74 Å². The first-order valence-corrected chi connectivity index (χ1v) is 5.39. The molecule has 0 fully saturated rings. The van der Waals surface area contributed by atoms with Gasteiger partial charge in [0.05, 0.1) is 17.8 Å². The van der Waals surface area contributed by atoms with Crippen LogP contribution < -0.4 is 16.4 Å². The molecule has 0 aliphatic carbocycles. The number of aryl methyl sites for hydroxylation is 1. The number of ether oxygens (including phenoxy) is 1. The van der Waals surface area contributed by atoms with Crippen molar-refractivity contribution in [2.24, 2.45) is 5.73 Å². The van der Waals surface area contributed by atoms with Gasteiger partial charge in [0.25, 0.3) is 5.91 Å². The SMILES string of the molecule is CNc1cc(C)ncc1C(=O)NCCOC(N)=O. The molecule has 1 aromatic heterocycles. The summed E-state index contributed by atoms with van der Waals surface area (Å²) in [7, 11) is 1.72. The van der Waals surface area contributed by atoms with E-state index < -0.39 is 6.09 Å². The number of aromatic nitrogens is 1. The van der Waals surface area contributed by atoms with Gasteiger partial charge in [0.15, 0.2) is 0 Å². The maximum Gasteiger partial charge on any atom is 0.404 e. The molecule has 1 aromatic rings. The predicted molar refractivity (Wildman–Crippen MR) is 66.4 cm³/mol. The van der Waals surface area contributed by atoms with Gasteiger partial charge < -0.3 is 21.1 Å². The van der Waals surface area contributed by atoms with Gasteiger partial charge in [-0.1, -0.05) is 0 Å². The number of nitrogens with one attached hydrogen (secondary N) is 2. The monoisotopic (exact) mass is 252 g/mol. The summed E-state index contributed by atoms with van der Waals surface area (Å²) in [5.74, 6) is -0.292. The normalized spacial score (nSPS) is 9.67.